The van der Waals surface area contributed by atoms with Crippen molar-refractivity contribution < 1.29 is 30.9 Å². The summed E-state index contributed by atoms with van der Waals surface area (Å²) in [6, 6.07) is 13.4. The fourth-order valence-electron chi connectivity index (χ4n) is 2.61. The Labute approximate surface area is 157 Å². The highest BCUT2D eigenvalue weighted by Crippen LogP contribution is 2.36. The predicted molar refractivity (Wildman–Crippen MR) is 93.8 cm³/mol. The zero-order valence-electron chi connectivity index (χ0n) is 14.1. The Morgan fingerprint density at radius 2 is 1.61 bits per heavy atom. The summed E-state index contributed by atoms with van der Waals surface area (Å²) < 4.78 is 65.8. The van der Waals surface area contributed by atoms with Crippen molar-refractivity contribution in [3.63, 3.8) is 0 Å². The number of primary sulfonamides is 1. The Kier molecular flexibility index (Phi) is 5.09. The summed E-state index contributed by atoms with van der Waals surface area (Å²) in [6.45, 7) is 0. The second-order valence-electron chi connectivity index (χ2n) is 5.89. The number of halogens is 3. The summed E-state index contributed by atoms with van der Waals surface area (Å²) in [5, 5.41) is 8.84. The van der Waals surface area contributed by atoms with Crippen LogP contribution in [0.5, 0.6) is 0 Å². The number of ketones is 1. The van der Waals surface area contributed by atoms with E-state index in [9.17, 15) is 26.4 Å². The first-order chi connectivity index (χ1) is 13.1. The SMILES string of the molecule is NS(=O)(=O)c1ccc(-c2c(-c3ccccc3)noc2C(=O)CC(F)(F)F)cc1. The lowest BCUT2D eigenvalue weighted by atomic mass is 9.97. The number of rotatable bonds is 5. The van der Waals surface area contributed by atoms with Crippen molar-refractivity contribution >= 4 is 15.8 Å². The van der Waals surface area contributed by atoms with E-state index in [2.05, 4.69) is 5.16 Å². The van der Waals surface area contributed by atoms with Crippen molar-refractivity contribution in [2.24, 2.45) is 5.14 Å². The number of nitrogens with zero attached hydrogens (tertiary/aromatic N) is 1. The van der Waals surface area contributed by atoms with E-state index in [4.69, 9.17) is 9.66 Å². The maximum absolute atomic E-state index is 12.7. The molecule has 3 rings (SSSR count). The predicted octanol–water partition coefficient (Wildman–Crippen LogP) is 3.79. The first-order valence-corrected chi connectivity index (χ1v) is 9.39. The summed E-state index contributed by atoms with van der Waals surface area (Å²) >= 11 is 0. The molecule has 28 heavy (non-hydrogen) atoms. The highest BCUT2D eigenvalue weighted by atomic mass is 32.2. The van der Waals surface area contributed by atoms with Crippen LogP contribution < -0.4 is 5.14 Å². The van der Waals surface area contributed by atoms with Gasteiger partial charge in [-0.15, -0.1) is 0 Å². The number of Topliss-reactive ketones (excluding diaryl/α,β-unsaturated/α-hetero) is 1. The minimum Gasteiger partial charge on any atom is -0.352 e. The molecule has 0 aliphatic heterocycles. The first kappa shape index (κ1) is 19.8. The van der Waals surface area contributed by atoms with Crippen molar-refractivity contribution in [1.82, 2.24) is 5.16 Å². The van der Waals surface area contributed by atoms with E-state index >= 15 is 0 Å². The number of nitrogens with two attached hydrogens (primary N) is 1. The van der Waals surface area contributed by atoms with Crippen LogP contribution in [0, 0.1) is 0 Å². The molecule has 0 bridgehead atoms. The molecule has 2 N–H and O–H groups in total. The number of carbonyl (C=O) groups excluding carboxylic acids is 1. The fourth-order valence-corrected chi connectivity index (χ4v) is 3.13. The van der Waals surface area contributed by atoms with Crippen LogP contribution >= 0.6 is 0 Å². The Balaban J connectivity index is 2.16. The highest BCUT2D eigenvalue weighted by molar-refractivity contribution is 7.89. The summed E-state index contributed by atoms with van der Waals surface area (Å²) in [5.74, 6) is -1.84. The molecular weight excluding hydrogens is 397 g/mol. The van der Waals surface area contributed by atoms with E-state index < -0.39 is 34.2 Å². The molecule has 0 saturated heterocycles. The largest absolute Gasteiger partial charge is 0.396 e. The van der Waals surface area contributed by atoms with Gasteiger partial charge in [0, 0.05) is 5.56 Å². The summed E-state index contributed by atoms with van der Waals surface area (Å²) in [7, 11) is -3.96. The Bertz CT molecular complexity index is 1110. The molecule has 0 atom stereocenters. The molecule has 1 aromatic heterocycles. The monoisotopic (exact) mass is 410 g/mol. The normalized spacial score (nSPS) is 12.1. The van der Waals surface area contributed by atoms with Gasteiger partial charge >= 0.3 is 6.18 Å². The lowest BCUT2D eigenvalue weighted by molar-refractivity contribution is -0.125. The Morgan fingerprint density at radius 3 is 2.14 bits per heavy atom. The number of aromatic nitrogens is 1. The van der Waals surface area contributed by atoms with E-state index in [1.54, 1.807) is 30.3 Å². The number of hydrogen-bond donors (Lipinski definition) is 1. The first-order valence-electron chi connectivity index (χ1n) is 7.84. The molecule has 2 aromatic carbocycles. The number of alkyl halides is 3. The molecule has 0 spiro atoms. The summed E-state index contributed by atoms with van der Waals surface area (Å²) in [5.41, 5.74) is 0.983. The lowest BCUT2D eigenvalue weighted by Gasteiger charge is -2.07. The Morgan fingerprint density at radius 1 is 1.00 bits per heavy atom. The third-order valence-electron chi connectivity index (χ3n) is 3.83. The van der Waals surface area contributed by atoms with Gasteiger partial charge in [0.25, 0.3) is 0 Å². The quantitative estimate of drug-likeness (QED) is 0.645. The van der Waals surface area contributed by atoms with Gasteiger partial charge in [-0.25, -0.2) is 13.6 Å². The van der Waals surface area contributed by atoms with E-state index in [-0.39, 0.29) is 21.7 Å². The molecule has 1 heterocycles. The van der Waals surface area contributed by atoms with Gasteiger partial charge in [-0.3, -0.25) is 4.79 Å². The van der Waals surface area contributed by atoms with Crippen LogP contribution in [-0.4, -0.2) is 25.5 Å². The van der Waals surface area contributed by atoms with Gasteiger partial charge in [0.2, 0.25) is 21.6 Å². The fraction of sp³-hybridized carbons (Fsp3) is 0.111. The standard InChI is InChI=1S/C18H13F3N2O4S/c19-18(20,21)10-14(24)17-15(11-6-8-13(9-7-11)28(22,25)26)16(23-27-17)12-4-2-1-3-5-12/h1-9H,10H2,(H2,22,25,26). The van der Waals surface area contributed by atoms with E-state index in [1.165, 1.54) is 24.3 Å². The Hall–Kier alpha value is -2.98. The maximum Gasteiger partial charge on any atom is 0.396 e. The molecule has 146 valence electrons. The average molecular weight is 410 g/mol. The number of benzene rings is 2. The van der Waals surface area contributed by atoms with E-state index in [1.807, 2.05) is 0 Å². The summed E-state index contributed by atoms with van der Waals surface area (Å²) in [6.07, 6.45) is -6.43. The van der Waals surface area contributed by atoms with Gasteiger partial charge < -0.3 is 4.52 Å². The molecule has 0 aliphatic carbocycles. The third-order valence-corrected chi connectivity index (χ3v) is 4.75. The molecule has 0 radical (unpaired) electrons. The van der Waals surface area contributed by atoms with Crippen LogP contribution in [0.2, 0.25) is 0 Å². The van der Waals surface area contributed by atoms with Crippen LogP contribution in [0.15, 0.2) is 64.0 Å². The number of hydrogen-bond acceptors (Lipinski definition) is 5. The second-order valence-corrected chi connectivity index (χ2v) is 7.45. The van der Waals surface area contributed by atoms with Gasteiger partial charge in [-0.1, -0.05) is 47.6 Å². The minimum absolute atomic E-state index is 0.0430. The lowest BCUT2D eigenvalue weighted by Crippen LogP contribution is -2.15. The second kappa shape index (κ2) is 7.21. The van der Waals surface area contributed by atoms with Crippen LogP contribution in [0.25, 0.3) is 22.4 Å². The van der Waals surface area contributed by atoms with Crippen molar-refractivity contribution in [3.05, 3.63) is 60.4 Å². The van der Waals surface area contributed by atoms with E-state index in [0.29, 0.717) is 5.56 Å². The number of sulfonamides is 1. The zero-order chi connectivity index (χ0) is 20.5. The third kappa shape index (κ3) is 4.29. The van der Waals surface area contributed by atoms with E-state index in [0.717, 1.165) is 0 Å². The van der Waals surface area contributed by atoms with Crippen molar-refractivity contribution in [1.29, 1.82) is 0 Å². The number of carbonyl (C=O) groups is 1. The molecule has 0 saturated carbocycles. The molecule has 0 aliphatic rings. The van der Waals surface area contributed by atoms with Crippen molar-refractivity contribution in [2.45, 2.75) is 17.5 Å². The molecule has 0 amide bonds. The van der Waals surface area contributed by atoms with Crippen LogP contribution in [0.1, 0.15) is 17.0 Å². The van der Waals surface area contributed by atoms with Crippen LogP contribution in [0.3, 0.4) is 0 Å². The average Bonchev–Trinajstić information content (AvgIpc) is 3.05. The molecular formula is C18H13F3N2O4S. The molecule has 0 fully saturated rings. The zero-order valence-corrected chi connectivity index (χ0v) is 14.9. The molecule has 0 unspecified atom stereocenters. The maximum atomic E-state index is 12.7. The molecule has 6 nitrogen and oxygen atoms in total. The molecule has 10 heteroatoms. The van der Waals surface area contributed by atoms with Gasteiger partial charge in [-0.05, 0) is 17.7 Å². The van der Waals surface area contributed by atoms with Crippen molar-refractivity contribution in [3.8, 4) is 22.4 Å². The smallest absolute Gasteiger partial charge is 0.352 e. The summed E-state index contributed by atoms with van der Waals surface area (Å²) in [4.78, 5) is 12.0. The van der Waals surface area contributed by atoms with Gasteiger partial charge in [-0.2, -0.15) is 13.2 Å². The topological polar surface area (TPSA) is 103 Å². The minimum atomic E-state index is -4.72. The van der Waals surface area contributed by atoms with Crippen LogP contribution in [-0.2, 0) is 10.0 Å². The van der Waals surface area contributed by atoms with Gasteiger partial charge in [0.05, 0.1) is 10.5 Å². The molecule has 3 aromatic rings. The van der Waals surface area contributed by atoms with Gasteiger partial charge in [0.15, 0.2) is 0 Å². The highest BCUT2D eigenvalue weighted by Gasteiger charge is 2.35. The van der Waals surface area contributed by atoms with Gasteiger partial charge in [0.1, 0.15) is 12.1 Å². The van der Waals surface area contributed by atoms with Crippen molar-refractivity contribution in [2.75, 3.05) is 0 Å². The van der Waals surface area contributed by atoms with Crippen LogP contribution in [0.4, 0.5) is 13.2 Å².